The van der Waals surface area contributed by atoms with Crippen LogP contribution in [0.2, 0.25) is 0 Å². The second-order valence-corrected chi connectivity index (χ2v) is 4.73. The number of aryl methyl sites for hydroxylation is 2. The summed E-state index contributed by atoms with van der Waals surface area (Å²) in [5.41, 5.74) is 2.39. The Morgan fingerprint density at radius 2 is 2.28 bits per heavy atom. The van der Waals surface area contributed by atoms with Gasteiger partial charge in [0.05, 0.1) is 12.2 Å². The molecule has 1 unspecified atom stereocenters. The van der Waals surface area contributed by atoms with E-state index >= 15 is 0 Å². The number of imidazole rings is 1. The number of hydrogen-bond acceptors (Lipinski definition) is 2. The Morgan fingerprint density at radius 3 is 3.00 bits per heavy atom. The van der Waals surface area contributed by atoms with Gasteiger partial charge in [0, 0.05) is 5.69 Å². The molecule has 0 aliphatic heterocycles. The first kappa shape index (κ1) is 12.7. The van der Waals surface area contributed by atoms with Crippen molar-refractivity contribution in [3.05, 3.63) is 17.2 Å². The van der Waals surface area contributed by atoms with E-state index in [0.29, 0.717) is 0 Å². The molecule has 0 spiro atoms. The van der Waals surface area contributed by atoms with Crippen LogP contribution < -0.4 is 5.32 Å². The van der Waals surface area contributed by atoms with Crippen molar-refractivity contribution in [1.82, 2.24) is 14.9 Å². The molecule has 0 radical (unpaired) electrons. The summed E-state index contributed by atoms with van der Waals surface area (Å²) in [6.07, 6.45) is 9.57. The third kappa shape index (κ3) is 2.26. The molecule has 1 N–H and O–H groups in total. The van der Waals surface area contributed by atoms with E-state index in [1.165, 1.54) is 18.5 Å². The van der Waals surface area contributed by atoms with Gasteiger partial charge in [0.2, 0.25) is 5.91 Å². The zero-order valence-corrected chi connectivity index (χ0v) is 11.0. The Hall–Kier alpha value is -1.76. The van der Waals surface area contributed by atoms with Crippen LogP contribution in [0.4, 0.5) is 0 Å². The lowest BCUT2D eigenvalue weighted by atomic mass is 10.0. The summed E-state index contributed by atoms with van der Waals surface area (Å²) in [6, 6.07) is -0.243. The largest absolute Gasteiger partial charge is 0.343 e. The van der Waals surface area contributed by atoms with Gasteiger partial charge in [0.15, 0.2) is 0 Å². The summed E-state index contributed by atoms with van der Waals surface area (Å²) in [7, 11) is 0. The number of terminal acetylenes is 1. The van der Waals surface area contributed by atoms with Gasteiger partial charge < -0.3 is 9.88 Å². The first-order valence-corrected chi connectivity index (χ1v) is 6.43. The zero-order chi connectivity index (χ0) is 13.1. The molecule has 1 atom stereocenters. The standard InChI is InChI=1S/C14H19N3O/c1-4-9-15-14(18)10(2)17-11(3)16-12-7-5-6-8-13(12)17/h1,10H,5-9H2,2-3H3,(H,15,18). The van der Waals surface area contributed by atoms with Crippen molar-refractivity contribution in [2.75, 3.05) is 6.54 Å². The fourth-order valence-corrected chi connectivity index (χ4v) is 2.62. The van der Waals surface area contributed by atoms with Gasteiger partial charge in [0.25, 0.3) is 0 Å². The fourth-order valence-electron chi connectivity index (χ4n) is 2.62. The van der Waals surface area contributed by atoms with Gasteiger partial charge in [-0.1, -0.05) is 5.92 Å². The predicted octanol–water partition coefficient (Wildman–Crippen LogP) is 1.38. The normalized spacial score (nSPS) is 15.6. The van der Waals surface area contributed by atoms with Crippen LogP contribution in [0.5, 0.6) is 0 Å². The summed E-state index contributed by atoms with van der Waals surface area (Å²) in [5.74, 6) is 3.30. The third-order valence-electron chi connectivity index (χ3n) is 3.48. The summed E-state index contributed by atoms with van der Waals surface area (Å²) in [4.78, 5) is 16.6. The van der Waals surface area contributed by atoms with Crippen LogP contribution >= 0.6 is 0 Å². The lowest BCUT2D eigenvalue weighted by Gasteiger charge is -2.20. The molecule has 2 rings (SSSR count). The highest BCUT2D eigenvalue weighted by Crippen LogP contribution is 2.25. The zero-order valence-electron chi connectivity index (χ0n) is 11.0. The second kappa shape index (κ2) is 5.26. The molecule has 1 aliphatic carbocycles. The summed E-state index contributed by atoms with van der Waals surface area (Å²) < 4.78 is 2.06. The maximum Gasteiger partial charge on any atom is 0.243 e. The van der Waals surface area contributed by atoms with E-state index < -0.39 is 0 Å². The van der Waals surface area contributed by atoms with E-state index in [2.05, 4.69) is 20.8 Å². The van der Waals surface area contributed by atoms with Gasteiger partial charge in [-0.3, -0.25) is 4.79 Å². The van der Waals surface area contributed by atoms with Crippen LogP contribution in [0.3, 0.4) is 0 Å². The van der Waals surface area contributed by atoms with Gasteiger partial charge in [0.1, 0.15) is 11.9 Å². The molecular weight excluding hydrogens is 226 g/mol. The van der Waals surface area contributed by atoms with Crippen molar-refractivity contribution < 1.29 is 4.79 Å². The minimum Gasteiger partial charge on any atom is -0.343 e. The Morgan fingerprint density at radius 1 is 1.56 bits per heavy atom. The molecule has 1 aromatic heterocycles. The number of rotatable bonds is 3. The highest BCUT2D eigenvalue weighted by Gasteiger charge is 2.24. The molecule has 1 aromatic rings. The van der Waals surface area contributed by atoms with Crippen LogP contribution in [-0.4, -0.2) is 22.0 Å². The summed E-state index contributed by atoms with van der Waals surface area (Å²) in [6.45, 7) is 4.14. The summed E-state index contributed by atoms with van der Waals surface area (Å²) >= 11 is 0. The van der Waals surface area contributed by atoms with E-state index in [0.717, 1.165) is 24.4 Å². The van der Waals surface area contributed by atoms with Gasteiger partial charge >= 0.3 is 0 Å². The van der Waals surface area contributed by atoms with Crippen molar-refractivity contribution in [3.8, 4) is 12.3 Å². The predicted molar refractivity (Wildman–Crippen MR) is 70.2 cm³/mol. The molecular formula is C14H19N3O. The first-order valence-electron chi connectivity index (χ1n) is 6.43. The molecule has 0 saturated heterocycles. The second-order valence-electron chi connectivity index (χ2n) is 4.73. The number of aromatic nitrogens is 2. The molecule has 1 aliphatic rings. The Bertz CT molecular complexity index is 496. The molecule has 0 aromatic carbocycles. The van der Waals surface area contributed by atoms with Crippen LogP contribution in [0.1, 0.15) is 43.0 Å². The van der Waals surface area contributed by atoms with Crippen LogP contribution in [0.25, 0.3) is 0 Å². The molecule has 0 bridgehead atoms. The Balaban J connectivity index is 2.25. The lowest BCUT2D eigenvalue weighted by molar-refractivity contribution is -0.123. The van der Waals surface area contributed by atoms with Gasteiger partial charge in [-0.2, -0.15) is 0 Å². The average Bonchev–Trinajstić information content (AvgIpc) is 2.70. The maximum atomic E-state index is 12.0. The molecule has 0 saturated carbocycles. The van der Waals surface area contributed by atoms with Crippen LogP contribution in [0.15, 0.2) is 0 Å². The average molecular weight is 245 g/mol. The van der Waals surface area contributed by atoms with Gasteiger partial charge in [-0.15, -0.1) is 6.42 Å². The molecule has 96 valence electrons. The van der Waals surface area contributed by atoms with Crippen LogP contribution in [-0.2, 0) is 17.6 Å². The van der Waals surface area contributed by atoms with E-state index in [-0.39, 0.29) is 18.5 Å². The topological polar surface area (TPSA) is 46.9 Å². The van der Waals surface area contributed by atoms with E-state index in [1.807, 2.05) is 13.8 Å². The SMILES string of the molecule is C#CCNC(=O)C(C)n1c(C)nc2c1CCCC2. The van der Waals surface area contributed by atoms with Crippen molar-refractivity contribution >= 4 is 5.91 Å². The third-order valence-corrected chi connectivity index (χ3v) is 3.48. The number of amides is 1. The fraction of sp³-hybridized carbons (Fsp3) is 0.571. The number of fused-ring (bicyclic) bond motifs is 1. The van der Waals surface area contributed by atoms with Gasteiger partial charge in [-0.25, -0.2) is 4.98 Å². The smallest absolute Gasteiger partial charge is 0.243 e. The van der Waals surface area contributed by atoms with E-state index in [1.54, 1.807) is 0 Å². The first-order chi connectivity index (χ1) is 8.65. The number of nitrogens with zero attached hydrogens (tertiary/aromatic N) is 2. The van der Waals surface area contributed by atoms with E-state index in [4.69, 9.17) is 6.42 Å². The Kier molecular flexibility index (Phi) is 3.71. The highest BCUT2D eigenvalue weighted by molar-refractivity contribution is 5.80. The highest BCUT2D eigenvalue weighted by atomic mass is 16.2. The number of hydrogen-bond donors (Lipinski definition) is 1. The Labute approximate surface area is 108 Å². The number of carbonyl (C=O) groups excluding carboxylic acids is 1. The molecule has 1 heterocycles. The number of nitrogens with one attached hydrogen (secondary N) is 1. The quantitative estimate of drug-likeness (QED) is 0.818. The molecule has 18 heavy (non-hydrogen) atoms. The van der Waals surface area contributed by atoms with E-state index in [9.17, 15) is 4.79 Å². The summed E-state index contributed by atoms with van der Waals surface area (Å²) in [5, 5.41) is 2.73. The maximum absolute atomic E-state index is 12.0. The number of carbonyl (C=O) groups is 1. The minimum atomic E-state index is -0.243. The van der Waals surface area contributed by atoms with Crippen LogP contribution in [0, 0.1) is 19.3 Å². The van der Waals surface area contributed by atoms with Gasteiger partial charge in [-0.05, 0) is 39.5 Å². The molecule has 4 heteroatoms. The minimum absolute atomic E-state index is 0.0400. The molecule has 4 nitrogen and oxygen atoms in total. The molecule has 0 fully saturated rings. The monoisotopic (exact) mass is 245 g/mol. The van der Waals surface area contributed by atoms with Crippen molar-refractivity contribution in [3.63, 3.8) is 0 Å². The lowest BCUT2D eigenvalue weighted by Crippen LogP contribution is -2.32. The van der Waals surface area contributed by atoms with Crippen molar-refractivity contribution in [2.45, 2.75) is 45.6 Å². The van der Waals surface area contributed by atoms with Crippen molar-refractivity contribution in [1.29, 1.82) is 0 Å². The van der Waals surface area contributed by atoms with Crippen molar-refractivity contribution in [2.24, 2.45) is 0 Å². The molecule has 1 amide bonds.